The van der Waals surface area contributed by atoms with E-state index in [4.69, 9.17) is 16.3 Å². The topological polar surface area (TPSA) is 75.7 Å². The fourth-order valence-corrected chi connectivity index (χ4v) is 3.97. The first-order chi connectivity index (χ1) is 12.8. The quantitative estimate of drug-likeness (QED) is 0.645. The van der Waals surface area contributed by atoms with Crippen molar-refractivity contribution in [3.63, 3.8) is 0 Å². The maximum Gasteiger partial charge on any atom is 0.243 e. The average Bonchev–Trinajstić information content (AvgIpc) is 2.63. The number of sulfonamides is 1. The molecule has 0 saturated heterocycles. The normalized spacial score (nSPS) is 11.6. The van der Waals surface area contributed by atoms with E-state index in [2.05, 4.69) is 5.32 Å². The van der Waals surface area contributed by atoms with Crippen LogP contribution in [0.1, 0.15) is 11.1 Å². The van der Waals surface area contributed by atoms with Gasteiger partial charge >= 0.3 is 0 Å². The number of hydrogen-bond donors (Lipinski definition) is 1. The van der Waals surface area contributed by atoms with E-state index in [1.54, 1.807) is 0 Å². The number of halogens is 1. The van der Waals surface area contributed by atoms with Crippen molar-refractivity contribution in [3.8, 4) is 0 Å². The average molecular weight is 411 g/mol. The SMILES string of the molecule is COCCNC(=O)CN(Cc1ccccc1C)S(=O)(=O)c1ccc(Cl)cc1. The molecule has 1 amide bonds. The van der Waals surface area contributed by atoms with Crippen LogP contribution in [0, 0.1) is 6.92 Å². The highest BCUT2D eigenvalue weighted by Crippen LogP contribution is 2.21. The molecule has 0 aliphatic rings. The van der Waals surface area contributed by atoms with Gasteiger partial charge in [0.1, 0.15) is 0 Å². The molecule has 2 aromatic carbocycles. The Morgan fingerprint density at radius 3 is 2.44 bits per heavy atom. The molecule has 2 rings (SSSR count). The van der Waals surface area contributed by atoms with Crippen LogP contribution in [-0.2, 0) is 26.1 Å². The number of carbonyl (C=O) groups is 1. The van der Waals surface area contributed by atoms with Crippen LogP contribution < -0.4 is 5.32 Å². The number of methoxy groups -OCH3 is 1. The van der Waals surface area contributed by atoms with Crippen molar-refractivity contribution in [2.75, 3.05) is 26.8 Å². The Bertz CT molecular complexity index is 870. The number of ether oxygens (including phenoxy) is 1. The molecule has 8 heteroatoms. The molecule has 0 heterocycles. The molecule has 0 radical (unpaired) electrons. The number of aryl methyl sites for hydroxylation is 1. The monoisotopic (exact) mass is 410 g/mol. The van der Waals surface area contributed by atoms with E-state index >= 15 is 0 Å². The second-order valence-electron chi connectivity index (χ2n) is 6.00. The molecule has 0 unspecified atom stereocenters. The molecule has 6 nitrogen and oxygen atoms in total. The molecule has 0 saturated carbocycles. The van der Waals surface area contributed by atoms with Gasteiger partial charge in [-0.3, -0.25) is 4.79 Å². The predicted octanol–water partition coefficient (Wildman–Crippen LogP) is 2.60. The molecule has 0 aliphatic heterocycles. The number of rotatable bonds is 9. The standard InChI is InChI=1S/C19H23ClN2O4S/c1-15-5-3-4-6-16(15)13-22(14-19(23)21-11-12-26-2)27(24,25)18-9-7-17(20)8-10-18/h3-10H,11-14H2,1-2H3,(H,21,23). The van der Waals surface area contributed by atoms with Crippen LogP contribution in [0.3, 0.4) is 0 Å². The summed E-state index contributed by atoms with van der Waals surface area (Å²) < 4.78 is 32.3. The van der Waals surface area contributed by atoms with Crippen molar-refractivity contribution >= 4 is 27.5 Å². The van der Waals surface area contributed by atoms with E-state index < -0.39 is 15.9 Å². The third kappa shape index (κ3) is 6.04. The van der Waals surface area contributed by atoms with Crippen molar-refractivity contribution < 1.29 is 17.9 Å². The number of hydrogen-bond acceptors (Lipinski definition) is 4. The molecule has 0 aromatic heterocycles. The van der Waals surface area contributed by atoms with Gasteiger partial charge in [0.2, 0.25) is 15.9 Å². The zero-order valence-corrected chi connectivity index (χ0v) is 16.9. The van der Waals surface area contributed by atoms with Gasteiger partial charge in [0, 0.05) is 25.2 Å². The zero-order chi connectivity index (χ0) is 19.9. The summed E-state index contributed by atoms with van der Waals surface area (Å²) in [5.74, 6) is -0.391. The van der Waals surface area contributed by atoms with Gasteiger partial charge in [-0.1, -0.05) is 35.9 Å². The van der Waals surface area contributed by atoms with Crippen LogP contribution in [0.4, 0.5) is 0 Å². The minimum atomic E-state index is -3.88. The van der Waals surface area contributed by atoms with E-state index in [0.717, 1.165) is 11.1 Å². The Balaban J connectivity index is 2.29. The van der Waals surface area contributed by atoms with E-state index in [1.165, 1.54) is 35.7 Å². The molecule has 0 fully saturated rings. The molecule has 2 aromatic rings. The molecule has 1 N–H and O–H groups in total. The minimum Gasteiger partial charge on any atom is -0.383 e. The van der Waals surface area contributed by atoms with Crippen LogP contribution in [-0.4, -0.2) is 45.4 Å². The number of carbonyl (C=O) groups excluding carboxylic acids is 1. The second kappa shape index (κ2) is 9.85. The Hall–Kier alpha value is -1.93. The summed E-state index contributed by atoms with van der Waals surface area (Å²) in [6.45, 7) is 2.38. The van der Waals surface area contributed by atoms with Crippen molar-refractivity contribution in [1.29, 1.82) is 0 Å². The number of benzene rings is 2. The third-order valence-corrected chi connectivity index (χ3v) is 6.07. The second-order valence-corrected chi connectivity index (χ2v) is 8.37. The smallest absolute Gasteiger partial charge is 0.243 e. The lowest BCUT2D eigenvalue weighted by molar-refractivity contribution is -0.121. The van der Waals surface area contributed by atoms with Crippen LogP contribution in [0.15, 0.2) is 53.4 Å². The maximum atomic E-state index is 13.1. The summed E-state index contributed by atoms with van der Waals surface area (Å²) in [4.78, 5) is 12.3. The summed E-state index contributed by atoms with van der Waals surface area (Å²) in [6.07, 6.45) is 0. The lowest BCUT2D eigenvalue weighted by atomic mass is 10.1. The first-order valence-electron chi connectivity index (χ1n) is 8.40. The Kier molecular flexibility index (Phi) is 7.79. The highest BCUT2D eigenvalue weighted by molar-refractivity contribution is 7.89. The first-order valence-corrected chi connectivity index (χ1v) is 10.2. The molecule has 27 heavy (non-hydrogen) atoms. The Morgan fingerprint density at radius 1 is 1.15 bits per heavy atom. The molecule has 146 valence electrons. The van der Waals surface area contributed by atoms with E-state index in [1.807, 2.05) is 31.2 Å². The third-order valence-electron chi connectivity index (χ3n) is 4.01. The molecule has 0 atom stereocenters. The fourth-order valence-electron chi connectivity index (χ4n) is 2.47. The van der Waals surface area contributed by atoms with Crippen LogP contribution in [0.2, 0.25) is 5.02 Å². The maximum absolute atomic E-state index is 13.1. The van der Waals surface area contributed by atoms with Gasteiger partial charge in [0.15, 0.2) is 0 Å². The highest BCUT2D eigenvalue weighted by atomic mass is 35.5. The van der Waals surface area contributed by atoms with Crippen LogP contribution in [0.25, 0.3) is 0 Å². The molecular weight excluding hydrogens is 388 g/mol. The minimum absolute atomic E-state index is 0.0881. The van der Waals surface area contributed by atoms with Gasteiger partial charge < -0.3 is 10.1 Å². The molecular formula is C19H23ClN2O4S. The molecule has 0 bridgehead atoms. The Labute approximate surface area is 165 Å². The fraction of sp³-hybridized carbons (Fsp3) is 0.316. The van der Waals surface area contributed by atoms with E-state index in [9.17, 15) is 13.2 Å². The largest absolute Gasteiger partial charge is 0.383 e. The molecule has 0 spiro atoms. The van der Waals surface area contributed by atoms with Crippen molar-refractivity contribution in [2.24, 2.45) is 0 Å². The summed E-state index contributed by atoms with van der Waals surface area (Å²) in [6, 6.07) is 13.4. The van der Waals surface area contributed by atoms with Gasteiger partial charge in [0.05, 0.1) is 18.0 Å². The van der Waals surface area contributed by atoms with Crippen molar-refractivity contribution in [3.05, 3.63) is 64.7 Å². The highest BCUT2D eigenvalue weighted by Gasteiger charge is 2.27. The molecule has 0 aliphatic carbocycles. The van der Waals surface area contributed by atoms with Gasteiger partial charge in [-0.15, -0.1) is 0 Å². The van der Waals surface area contributed by atoms with Crippen LogP contribution >= 0.6 is 11.6 Å². The summed E-state index contributed by atoms with van der Waals surface area (Å²) in [7, 11) is -2.35. The van der Waals surface area contributed by atoms with Crippen LogP contribution in [0.5, 0.6) is 0 Å². The summed E-state index contributed by atoms with van der Waals surface area (Å²) in [5, 5.41) is 3.10. The predicted molar refractivity (Wildman–Crippen MR) is 105 cm³/mol. The summed E-state index contributed by atoms with van der Waals surface area (Å²) >= 11 is 5.86. The summed E-state index contributed by atoms with van der Waals surface area (Å²) in [5.41, 5.74) is 1.79. The van der Waals surface area contributed by atoms with Gasteiger partial charge in [-0.25, -0.2) is 8.42 Å². The van der Waals surface area contributed by atoms with Crippen molar-refractivity contribution in [2.45, 2.75) is 18.4 Å². The van der Waals surface area contributed by atoms with E-state index in [0.29, 0.717) is 18.2 Å². The van der Waals surface area contributed by atoms with Gasteiger partial charge in [-0.2, -0.15) is 4.31 Å². The number of nitrogens with zero attached hydrogens (tertiary/aromatic N) is 1. The number of nitrogens with one attached hydrogen (secondary N) is 1. The van der Waals surface area contributed by atoms with E-state index in [-0.39, 0.29) is 18.0 Å². The Morgan fingerprint density at radius 2 is 1.81 bits per heavy atom. The first kappa shape index (κ1) is 21.4. The van der Waals surface area contributed by atoms with Gasteiger partial charge in [-0.05, 0) is 42.3 Å². The zero-order valence-electron chi connectivity index (χ0n) is 15.3. The lowest BCUT2D eigenvalue weighted by Gasteiger charge is -2.23. The van der Waals surface area contributed by atoms with Crippen molar-refractivity contribution in [1.82, 2.24) is 9.62 Å². The lowest BCUT2D eigenvalue weighted by Crippen LogP contribution is -2.41. The van der Waals surface area contributed by atoms with Gasteiger partial charge in [0.25, 0.3) is 0 Å². The number of amides is 1.